The van der Waals surface area contributed by atoms with Gasteiger partial charge >= 0.3 is 0 Å². The van der Waals surface area contributed by atoms with Crippen LogP contribution in [0.3, 0.4) is 0 Å². The number of rotatable bonds is 4. The molecule has 1 atom stereocenters. The van der Waals surface area contributed by atoms with E-state index < -0.39 is 27.8 Å². The maximum Gasteiger partial charge on any atom is 0.243 e. The Morgan fingerprint density at radius 1 is 1.11 bits per heavy atom. The highest BCUT2D eigenvalue weighted by Crippen LogP contribution is 2.27. The van der Waals surface area contributed by atoms with Crippen molar-refractivity contribution < 1.29 is 17.6 Å². The number of carbonyl (C=O) groups is 1. The van der Waals surface area contributed by atoms with Gasteiger partial charge in [0.2, 0.25) is 15.9 Å². The van der Waals surface area contributed by atoms with Gasteiger partial charge in [0, 0.05) is 12.2 Å². The third kappa shape index (κ3) is 4.20. The minimum atomic E-state index is -3.79. The maximum atomic E-state index is 13.5. The summed E-state index contributed by atoms with van der Waals surface area (Å²) >= 11 is 0. The summed E-state index contributed by atoms with van der Waals surface area (Å²) in [6, 6.07) is 9.93. The molecule has 0 spiro atoms. The predicted octanol–water partition coefficient (Wildman–Crippen LogP) is 3.62. The van der Waals surface area contributed by atoms with E-state index in [0.29, 0.717) is 24.1 Å². The maximum absolute atomic E-state index is 13.5. The van der Waals surface area contributed by atoms with Gasteiger partial charge in [-0.05, 0) is 56.5 Å². The van der Waals surface area contributed by atoms with Crippen molar-refractivity contribution in [3.8, 4) is 0 Å². The Morgan fingerprint density at radius 3 is 2.52 bits per heavy atom. The van der Waals surface area contributed by atoms with E-state index in [0.717, 1.165) is 12.0 Å². The monoisotopic (exact) mass is 390 g/mol. The number of nitrogens with one attached hydrogen (secondary N) is 1. The molecular weight excluding hydrogens is 367 g/mol. The van der Waals surface area contributed by atoms with E-state index in [1.54, 1.807) is 37.3 Å². The zero-order valence-electron chi connectivity index (χ0n) is 15.4. The van der Waals surface area contributed by atoms with Gasteiger partial charge in [-0.1, -0.05) is 30.2 Å². The van der Waals surface area contributed by atoms with Crippen LogP contribution in [0.15, 0.2) is 47.4 Å². The molecule has 1 heterocycles. The molecule has 3 rings (SSSR count). The second-order valence-corrected chi connectivity index (χ2v) is 8.78. The number of aryl methyl sites for hydroxylation is 2. The van der Waals surface area contributed by atoms with Crippen LogP contribution in [-0.2, 0) is 14.8 Å². The molecule has 2 aromatic carbocycles. The summed E-state index contributed by atoms with van der Waals surface area (Å²) < 4.78 is 40.9. The van der Waals surface area contributed by atoms with E-state index >= 15 is 0 Å². The van der Waals surface area contributed by atoms with Crippen molar-refractivity contribution in [3.63, 3.8) is 0 Å². The van der Waals surface area contributed by atoms with E-state index in [4.69, 9.17) is 0 Å². The molecule has 0 saturated carbocycles. The van der Waals surface area contributed by atoms with Crippen molar-refractivity contribution >= 4 is 21.6 Å². The Labute approximate surface area is 159 Å². The molecule has 0 aliphatic carbocycles. The van der Waals surface area contributed by atoms with Gasteiger partial charge in [0.15, 0.2) is 0 Å². The molecule has 1 fully saturated rings. The smallest absolute Gasteiger partial charge is 0.243 e. The number of anilines is 1. The number of hydrogen-bond donors (Lipinski definition) is 1. The van der Waals surface area contributed by atoms with Gasteiger partial charge in [0.05, 0.1) is 4.90 Å². The van der Waals surface area contributed by atoms with Crippen LogP contribution < -0.4 is 5.32 Å². The van der Waals surface area contributed by atoms with Crippen LogP contribution in [0.25, 0.3) is 0 Å². The van der Waals surface area contributed by atoms with Crippen molar-refractivity contribution in [2.24, 2.45) is 0 Å². The second kappa shape index (κ2) is 7.78. The number of sulfonamides is 1. The van der Waals surface area contributed by atoms with Crippen molar-refractivity contribution in [3.05, 3.63) is 59.4 Å². The van der Waals surface area contributed by atoms with Gasteiger partial charge in [-0.2, -0.15) is 4.31 Å². The number of hydrogen-bond acceptors (Lipinski definition) is 3. The van der Waals surface area contributed by atoms with Crippen LogP contribution in [0, 0.1) is 19.7 Å². The summed E-state index contributed by atoms with van der Waals surface area (Å²) in [7, 11) is -3.79. The normalized spacial score (nSPS) is 18.3. The highest BCUT2D eigenvalue weighted by Gasteiger charge is 2.37. The Kier molecular flexibility index (Phi) is 5.62. The summed E-state index contributed by atoms with van der Waals surface area (Å²) in [5.74, 6) is -0.886. The van der Waals surface area contributed by atoms with Gasteiger partial charge in [0.25, 0.3) is 0 Å². The van der Waals surface area contributed by atoms with Crippen molar-refractivity contribution in [2.45, 2.75) is 44.0 Å². The lowest BCUT2D eigenvalue weighted by atomic mass is 10.0. The van der Waals surface area contributed by atoms with E-state index in [9.17, 15) is 17.6 Å². The number of nitrogens with zero attached hydrogens (tertiary/aromatic N) is 1. The van der Waals surface area contributed by atoms with E-state index in [-0.39, 0.29) is 11.4 Å². The number of amides is 1. The molecule has 0 aromatic heterocycles. The topological polar surface area (TPSA) is 66.5 Å². The van der Waals surface area contributed by atoms with E-state index in [1.807, 2.05) is 6.92 Å². The number of halogens is 1. The van der Waals surface area contributed by atoms with Gasteiger partial charge in [-0.3, -0.25) is 4.79 Å². The Balaban J connectivity index is 1.87. The predicted molar refractivity (Wildman–Crippen MR) is 102 cm³/mol. The zero-order chi connectivity index (χ0) is 19.6. The van der Waals surface area contributed by atoms with E-state index in [1.165, 1.54) is 16.4 Å². The fourth-order valence-corrected chi connectivity index (χ4v) is 4.90. The van der Waals surface area contributed by atoms with Gasteiger partial charge < -0.3 is 5.32 Å². The van der Waals surface area contributed by atoms with Crippen LogP contribution in [0.5, 0.6) is 0 Å². The van der Waals surface area contributed by atoms with Crippen LogP contribution in [-0.4, -0.2) is 31.2 Å². The molecule has 0 unspecified atom stereocenters. The average Bonchev–Trinajstić information content (AvgIpc) is 2.65. The molecule has 1 N–H and O–H groups in total. The summed E-state index contributed by atoms with van der Waals surface area (Å²) in [6.45, 7) is 3.93. The Bertz CT molecular complexity index is 942. The molecule has 0 bridgehead atoms. The summed E-state index contributed by atoms with van der Waals surface area (Å²) in [4.78, 5) is 13.0. The fourth-order valence-electron chi connectivity index (χ4n) is 3.25. The Morgan fingerprint density at radius 2 is 1.81 bits per heavy atom. The molecule has 1 saturated heterocycles. The first-order chi connectivity index (χ1) is 12.8. The van der Waals surface area contributed by atoms with Crippen molar-refractivity contribution in [1.29, 1.82) is 0 Å². The summed E-state index contributed by atoms with van der Waals surface area (Å²) in [5, 5.41) is 2.70. The van der Waals surface area contributed by atoms with Crippen molar-refractivity contribution in [2.75, 3.05) is 11.9 Å². The van der Waals surface area contributed by atoms with Crippen LogP contribution in [0.2, 0.25) is 0 Å². The van der Waals surface area contributed by atoms with Crippen molar-refractivity contribution in [1.82, 2.24) is 4.31 Å². The molecule has 1 amide bonds. The average molecular weight is 390 g/mol. The van der Waals surface area contributed by atoms with Crippen LogP contribution in [0.1, 0.15) is 30.4 Å². The van der Waals surface area contributed by atoms with Gasteiger partial charge in [-0.25, -0.2) is 12.8 Å². The molecular formula is C20H23FN2O3S. The number of piperidine rings is 1. The van der Waals surface area contributed by atoms with Gasteiger partial charge in [-0.15, -0.1) is 0 Å². The lowest BCUT2D eigenvalue weighted by molar-refractivity contribution is -0.120. The molecule has 0 radical (unpaired) electrons. The highest BCUT2D eigenvalue weighted by atomic mass is 32.2. The lowest BCUT2D eigenvalue weighted by Crippen LogP contribution is -2.49. The first kappa shape index (κ1) is 19.5. The molecule has 5 nitrogen and oxygen atoms in total. The summed E-state index contributed by atoms with van der Waals surface area (Å²) in [5.41, 5.74) is 2.04. The van der Waals surface area contributed by atoms with Crippen LogP contribution in [0.4, 0.5) is 10.1 Å². The van der Waals surface area contributed by atoms with Crippen LogP contribution >= 0.6 is 0 Å². The minimum absolute atomic E-state index is 0.176. The minimum Gasteiger partial charge on any atom is -0.324 e. The zero-order valence-corrected chi connectivity index (χ0v) is 16.2. The van der Waals surface area contributed by atoms with E-state index in [2.05, 4.69) is 5.32 Å². The highest BCUT2D eigenvalue weighted by molar-refractivity contribution is 7.89. The first-order valence-corrected chi connectivity index (χ1v) is 10.4. The molecule has 1 aliphatic heterocycles. The third-order valence-corrected chi connectivity index (χ3v) is 6.76. The largest absolute Gasteiger partial charge is 0.324 e. The standard InChI is InChI=1S/C20H23FN2O3S/c1-14-6-10-17(11-7-14)27(25,26)23-12-4-3-5-19(23)20(24)22-18-13-16(21)9-8-15(18)2/h6-11,13,19H,3-5,12H2,1-2H3,(H,22,24)/t19-/m0/s1. The first-order valence-electron chi connectivity index (χ1n) is 8.94. The SMILES string of the molecule is Cc1ccc(S(=O)(=O)N2CCCC[C@H]2C(=O)Nc2cc(F)ccc2C)cc1. The number of carbonyl (C=O) groups excluding carboxylic acids is 1. The molecule has 27 heavy (non-hydrogen) atoms. The lowest BCUT2D eigenvalue weighted by Gasteiger charge is -2.33. The fraction of sp³-hybridized carbons (Fsp3) is 0.350. The molecule has 7 heteroatoms. The number of benzene rings is 2. The molecule has 144 valence electrons. The molecule has 2 aromatic rings. The summed E-state index contributed by atoms with van der Waals surface area (Å²) in [6.07, 6.45) is 1.90. The quantitative estimate of drug-likeness (QED) is 0.867. The van der Waals surface area contributed by atoms with Gasteiger partial charge in [0.1, 0.15) is 11.9 Å². The Hall–Kier alpha value is -2.25. The molecule has 1 aliphatic rings. The third-order valence-electron chi connectivity index (χ3n) is 4.84. The second-order valence-electron chi connectivity index (χ2n) is 6.89.